The lowest BCUT2D eigenvalue weighted by Crippen LogP contribution is -2.32. The highest BCUT2D eigenvalue weighted by Gasteiger charge is 2.27. The van der Waals surface area contributed by atoms with Gasteiger partial charge in [0.2, 0.25) is 17.6 Å². The highest BCUT2D eigenvalue weighted by Crippen LogP contribution is 2.25. The fraction of sp³-hybridized carbons (Fsp3) is 0.375. The number of halogens is 1. The molecular formula is C24H30FN5O4S. The van der Waals surface area contributed by atoms with Crippen LogP contribution in [0.2, 0.25) is 0 Å². The Balaban J connectivity index is 1.71. The van der Waals surface area contributed by atoms with Crippen molar-refractivity contribution in [2.24, 2.45) is 11.1 Å². The van der Waals surface area contributed by atoms with Gasteiger partial charge in [-0.1, -0.05) is 31.0 Å². The van der Waals surface area contributed by atoms with Gasteiger partial charge in [0.15, 0.2) is 0 Å². The Hall–Kier alpha value is -3.31. The van der Waals surface area contributed by atoms with Gasteiger partial charge in [-0.15, -0.1) is 0 Å². The van der Waals surface area contributed by atoms with Gasteiger partial charge < -0.3 is 15.6 Å². The molecule has 1 amide bonds. The average Bonchev–Trinajstić information content (AvgIpc) is 3.33. The Morgan fingerprint density at radius 1 is 1.17 bits per heavy atom. The lowest BCUT2D eigenvalue weighted by molar-refractivity contribution is -0.124. The maximum atomic E-state index is 13.1. The Morgan fingerprint density at radius 3 is 2.51 bits per heavy atom. The summed E-state index contributed by atoms with van der Waals surface area (Å²) < 4.78 is 46.5. The Labute approximate surface area is 204 Å². The largest absolute Gasteiger partial charge is 0.337 e. The van der Waals surface area contributed by atoms with Crippen LogP contribution in [0.25, 0.3) is 11.4 Å². The number of nitrogens with zero attached hydrogens (tertiary/aromatic N) is 2. The van der Waals surface area contributed by atoms with Crippen LogP contribution in [-0.2, 0) is 14.8 Å². The minimum Gasteiger partial charge on any atom is -0.337 e. The molecule has 1 heterocycles. The summed E-state index contributed by atoms with van der Waals surface area (Å²) in [7, 11) is -3.92. The van der Waals surface area contributed by atoms with E-state index in [1.54, 1.807) is 30.3 Å². The molecule has 0 saturated carbocycles. The zero-order valence-corrected chi connectivity index (χ0v) is 20.7. The van der Waals surface area contributed by atoms with Crippen molar-refractivity contribution >= 4 is 27.3 Å². The molecule has 35 heavy (non-hydrogen) atoms. The predicted octanol–water partition coefficient (Wildman–Crippen LogP) is 4.66. The summed E-state index contributed by atoms with van der Waals surface area (Å²) >= 11 is 0. The summed E-state index contributed by atoms with van der Waals surface area (Å²) in [6, 6.07) is 11.9. The van der Waals surface area contributed by atoms with E-state index in [1.807, 2.05) is 0 Å². The summed E-state index contributed by atoms with van der Waals surface area (Å²) in [6.45, 7) is 4.21. The number of rotatable bonds is 11. The van der Waals surface area contributed by atoms with Crippen LogP contribution in [0.4, 0.5) is 15.8 Å². The number of nitrogens with one attached hydrogen (secondary N) is 2. The second-order valence-corrected chi connectivity index (χ2v) is 10.6. The van der Waals surface area contributed by atoms with E-state index >= 15 is 0 Å². The highest BCUT2D eigenvalue weighted by atomic mass is 32.2. The SMILES string of the molecule is CCCCC(N)c1nc(-c2ccc(S(=O)(=O)Nc3cccc(NC(=O)C(C)(C)CF)c3)cc2)no1. The molecule has 1 atom stereocenters. The first-order chi connectivity index (χ1) is 16.6. The number of anilines is 2. The van der Waals surface area contributed by atoms with Crippen molar-refractivity contribution < 1.29 is 22.1 Å². The molecular weight excluding hydrogens is 473 g/mol. The summed E-state index contributed by atoms with van der Waals surface area (Å²) in [4.78, 5) is 16.6. The average molecular weight is 504 g/mol. The summed E-state index contributed by atoms with van der Waals surface area (Å²) in [5.74, 6) is 0.156. The van der Waals surface area contributed by atoms with Crippen LogP contribution in [0.15, 0.2) is 57.9 Å². The molecule has 2 aromatic carbocycles. The molecule has 9 nitrogen and oxygen atoms in total. The topological polar surface area (TPSA) is 140 Å². The molecule has 11 heteroatoms. The molecule has 3 rings (SSSR count). The van der Waals surface area contributed by atoms with E-state index in [-0.39, 0.29) is 16.6 Å². The van der Waals surface area contributed by atoms with Gasteiger partial charge in [-0.3, -0.25) is 9.52 Å². The maximum absolute atomic E-state index is 13.1. The molecule has 188 valence electrons. The van der Waals surface area contributed by atoms with Crippen LogP contribution in [0.5, 0.6) is 0 Å². The molecule has 0 aliphatic rings. The van der Waals surface area contributed by atoms with Crippen LogP contribution in [0, 0.1) is 5.41 Å². The summed E-state index contributed by atoms with van der Waals surface area (Å²) in [6.07, 6.45) is 2.69. The van der Waals surface area contributed by atoms with E-state index in [1.165, 1.54) is 32.0 Å². The first kappa shape index (κ1) is 26.3. The zero-order valence-electron chi connectivity index (χ0n) is 19.9. The van der Waals surface area contributed by atoms with E-state index in [0.717, 1.165) is 19.3 Å². The molecule has 4 N–H and O–H groups in total. The second-order valence-electron chi connectivity index (χ2n) is 8.89. The Kier molecular flexibility index (Phi) is 8.23. The fourth-order valence-corrected chi connectivity index (χ4v) is 4.12. The van der Waals surface area contributed by atoms with Crippen LogP contribution >= 0.6 is 0 Å². The van der Waals surface area contributed by atoms with Crippen molar-refractivity contribution in [1.82, 2.24) is 10.1 Å². The number of amides is 1. The number of benzene rings is 2. The third-order valence-electron chi connectivity index (χ3n) is 5.37. The number of carbonyl (C=O) groups excluding carboxylic acids is 1. The quantitative estimate of drug-likeness (QED) is 0.346. The Bertz CT molecular complexity index is 1260. The third kappa shape index (κ3) is 6.64. The number of hydrogen-bond acceptors (Lipinski definition) is 7. The number of hydrogen-bond donors (Lipinski definition) is 3. The lowest BCUT2D eigenvalue weighted by atomic mass is 9.94. The molecule has 0 fully saturated rings. The molecule has 0 saturated heterocycles. The standard InChI is InChI=1S/C24H30FN5O4S/c1-4-5-9-20(26)22-28-21(29-34-22)16-10-12-19(13-11-16)35(32,33)30-18-8-6-7-17(14-18)27-23(31)24(2,3)15-25/h6-8,10-14,20,30H,4-5,9,15,26H2,1-3H3,(H,27,31). The van der Waals surface area contributed by atoms with Gasteiger partial charge in [-0.2, -0.15) is 4.98 Å². The van der Waals surface area contributed by atoms with Gasteiger partial charge in [0.1, 0.15) is 6.67 Å². The van der Waals surface area contributed by atoms with Gasteiger partial charge in [0.25, 0.3) is 10.0 Å². The van der Waals surface area contributed by atoms with Crippen molar-refractivity contribution in [3.8, 4) is 11.4 Å². The number of unbranched alkanes of at least 4 members (excludes halogenated alkanes) is 1. The molecule has 3 aromatic rings. The zero-order chi connectivity index (χ0) is 25.6. The normalized spacial score (nSPS) is 12.8. The van der Waals surface area contributed by atoms with E-state index in [2.05, 4.69) is 27.1 Å². The van der Waals surface area contributed by atoms with E-state index in [4.69, 9.17) is 10.3 Å². The minimum absolute atomic E-state index is 0.0256. The van der Waals surface area contributed by atoms with Crippen LogP contribution in [0.1, 0.15) is 52.0 Å². The van der Waals surface area contributed by atoms with E-state index in [9.17, 15) is 17.6 Å². The van der Waals surface area contributed by atoms with E-state index < -0.39 is 28.0 Å². The van der Waals surface area contributed by atoms with Crippen LogP contribution < -0.4 is 15.8 Å². The number of aromatic nitrogens is 2. The number of nitrogens with two attached hydrogens (primary N) is 1. The molecule has 0 spiro atoms. The molecule has 1 unspecified atom stereocenters. The number of alkyl halides is 1. The lowest BCUT2D eigenvalue weighted by Gasteiger charge is -2.19. The number of carbonyl (C=O) groups is 1. The fourth-order valence-electron chi connectivity index (χ4n) is 3.07. The molecule has 0 bridgehead atoms. The Morgan fingerprint density at radius 2 is 1.86 bits per heavy atom. The van der Waals surface area contributed by atoms with Crippen molar-refractivity contribution in [3.63, 3.8) is 0 Å². The van der Waals surface area contributed by atoms with Gasteiger partial charge in [-0.25, -0.2) is 12.8 Å². The van der Waals surface area contributed by atoms with Crippen molar-refractivity contribution in [3.05, 3.63) is 54.4 Å². The molecule has 0 radical (unpaired) electrons. The van der Waals surface area contributed by atoms with Crippen molar-refractivity contribution in [2.75, 3.05) is 16.7 Å². The molecule has 0 aliphatic heterocycles. The van der Waals surface area contributed by atoms with Gasteiger partial charge >= 0.3 is 0 Å². The van der Waals surface area contributed by atoms with Crippen LogP contribution in [0.3, 0.4) is 0 Å². The predicted molar refractivity (Wildman–Crippen MR) is 132 cm³/mol. The second kappa shape index (κ2) is 11.0. The smallest absolute Gasteiger partial charge is 0.261 e. The van der Waals surface area contributed by atoms with Gasteiger partial charge in [-0.05, 0) is 62.7 Å². The van der Waals surface area contributed by atoms with Crippen molar-refractivity contribution in [1.29, 1.82) is 0 Å². The summed E-state index contributed by atoms with van der Waals surface area (Å²) in [5.41, 5.74) is 6.05. The third-order valence-corrected chi connectivity index (χ3v) is 6.77. The first-order valence-electron chi connectivity index (χ1n) is 11.3. The highest BCUT2D eigenvalue weighted by molar-refractivity contribution is 7.92. The first-order valence-corrected chi connectivity index (χ1v) is 12.7. The summed E-state index contributed by atoms with van der Waals surface area (Å²) in [5, 5.41) is 6.54. The number of sulfonamides is 1. The maximum Gasteiger partial charge on any atom is 0.261 e. The van der Waals surface area contributed by atoms with E-state index in [0.29, 0.717) is 23.0 Å². The van der Waals surface area contributed by atoms with Crippen LogP contribution in [-0.4, -0.2) is 31.1 Å². The van der Waals surface area contributed by atoms with Crippen molar-refractivity contribution in [2.45, 2.75) is 51.0 Å². The molecule has 0 aliphatic carbocycles. The molecule has 1 aromatic heterocycles. The van der Waals surface area contributed by atoms with Gasteiger partial charge in [0.05, 0.1) is 22.0 Å². The minimum atomic E-state index is -3.92. The monoisotopic (exact) mass is 503 g/mol. The van der Waals surface area contributed by atoms with Gasteiger partial charge in [0, 0.05) is 11.3 Å².